The van der Waals surface area contributed by atoms with Crippen LogP contribution in [0.3, 0.4) is 0 Å². The molecule has 2 atom stereocenters. The highest BCUT2D eigenvalue weighted by Gasteiger charge is 2.36. The van der Waals surface area contributed by atoms with Gasteiger partial charge in [-0.2, -0.15) is 0 Å². The molecule has 0 aliphatic heterocycles. The summed E-state index contributed by atoms with van der Waals surface area (Å²) in [5, 5.41) is 5.28. The van der Waals surface area contributed by atoms with E-state index in [-0.39, 0.29) is 24.5 Å². The van der Waals surface area contributed by atoms with Gasteiger partial charge in [0.1, 0.15) is 11.8 Å². The fraction of sp³-hybridized carbons (Fsp3) is 0.579. The lowest BCUT2D eigenvalue weighted by Crippen LogP contribution is -2.48. The molecule has 1 aromatic carbocycles. The lowest BCUT2D eigenvalue weighted by atomic mass is 10.1. The van der Waals surface area contributed by atoms with Crippen molar-refractivity contribution in [1.29, 1.82) is 0 Å². The van der Waals surface area contributed by atoms with Gasteiger partial charge in [-0.3, -0.25) is 14.2 Å². The van der Waals surface area contributed by atoms with E-state index in [0.29, 0.717) is 0 Å². The normalized spacial score (nSPS) is 14.1. The average Bonchev–Trinajstić information content (AvgIpc) is 2.53. The van der Waals surface area contributed by atoms with Crippen LogP contribution in [0.1, 0.15) is 47.1 Å². The SMILES string of the molecule is CC(C)OP(=O)(OC(C)C)[C@@H](C)NC(=O)[C@@H](C)NC(=O)Cc1ccccc1. The van der Waals surface area contributed by atoms with Gasteiger partial charge in [-0.15, -0.1) is 0 Å². The van der Waals surface area contributed by atoms with Gasteiger partial charge in [0.2, 0.25) is 11.8 Å². The lowest BCUT2D eigenvalue weighted by molar-refractivity contribution is -0.128. The van der Waals surface area contributed by atoms with Crippen molar-refractivity contribution in [3.8, 4) is 0 Å². The van der Waals surface area contributed by atoms with Crippen LogP contribution in [0.15, 0.2) is 30.3 Å². The predicted molar refractivity (Wildman–Crippen MR) is 105 cm³/mol. The number of benzene rings is 1. The Balaban J connectivity index is 2.66. The predicted octanol–water partition coefficient (Wildman–Crippen LogP) is 3.24. The molecule has 152 valence electrons. The standard InChI is InChI=1S/C19H31N2O5P/c1-13(2)25-27(24,26-14(3)4)16(6)21-19(23)15(5)20-18(22)12-17-10-8-7-9-11-17/h7-11,13-16H,12H2,1-6H3,(H,20,22)(H,21,23)/t15-,16+/m1/s1. The van der Waals surface area contributed by atoms with Crippen LogP contribution in [-0.2, 0) is 29.6 Å². The van der Waals surface area contributed by atoms with Gasteiger partial charge in [-0.05, 0) is 47.1 Å². The Bertz CT molecular complexity index is 649. The van der Waals surface area contributed by atoms with Gasteiger partial charge >= 0.3 is 7.60 Å². The van der Waals surface area contributed by atoms with Crippen LogP contribution in [0.25, 0.3) is 0 Å². The molecular weight excluding hydrogens is 367 g/mol. The molecule has 0 aliphatic carbocycles. The monoisotopic (exact) mass is 398 g/mol. The third-order valence-electron chi connectivity index (χ3n) is 3.52. The van der Waals surface area contributed by atoms with Crippen molar-refractivity contribution in [1.82, 2.24) is 10.6 Å². The topological polar surface area (TPSA) is 93.7 Å². The van der Waals surface area contributed by atoms with Crippen LogP contribution in [0.2, 0.25) is 0 Å². The molecule has 27 heavy (non-hydrogen) atoms. The Kier molecular flexibility index (Phi) is 9.16. The molecule has 8 heteroatoms. The van der Waals surface area contributed by atoms with Gasteiger partial charge < -0.3 is 19.7 Å². The van der Waals surface area contributed by atoms with Gasteiger partial charge in [-0.1, -0.05) is 30.3 Å². The van der Waals surface area contributed by atoms with E-state index in [1.54, 1.807) is 41.5 Å². The zero-order valence-electron chi connectivity index (χ0n) is 16.9. The molecule has 0 unspecified atom stereocenters. The molecule has 0 radical (unpaired) electrons. The highest BCUT2D eigenvalue weighted by Crippen LogP contribution is 2.53. The minimum absolute atomic E-state index is 0.180. The molecule has 0 aromatic heterocycles. The Morgan fingerprint density at radius 3 is 1.93 bits per heavy atom. The van der Waals surface area contributed by atoms with Gasteiger partial charge in [0.15, 0.2) is 0 Å². The highest BCUT2D eigenvalue weighted by molar-refractivity contribution is 7.54. The van der Waals surface area contributed by atoms with E-state index >= 15 is 0 Å². The first-order valence-corrected chi connectivity index (χ1v) is 10.7. The summed E-state index contributed by atoms with van der Waals surface area (Å²) in [5.41, 5.74) is 0.858. The maximum Gasteiger partial charge on any atom is 0.352 e. The summed E-state index contributed by atoms with van der Waals surface area (Å²) in [4.78, 5) is 24.5. The summed E-state index contributed by atoms with van der Waals surface area (Å²) >= 11 is 0. The van der Waals surface area contributed by atoms with E-state index in [9.17, 15) is 14.2 Å². The molecule has 0 saturated carbocycles. The second kappa shape index (κ2) is 10.6. The molecule has 0 spiro atoms. The largest absolute Gasteiger partial charge is 0.352 e. The summed E-state index contributed by atoms with van der Waals surface area (Å²) in [5.74, 6) is -1.57. The molecule has 0 heterocycles. The van der Waals surface area contributed by atoms with Gasteiger partial charge in [0, 0.05) is 0 Å². The van der Waals surface area contributed by atoms with Crippen LogP contribution in [0.4, 0.5) is 0 Å². The van der Waals surface area contributed by atoms with Gasteiger partial charge in [-0.25, -0.2) is 0 Å². The van der Waals surface area contributed by atoms with Crippen LogP contribution < -0.4 is 10.6 Å². The maximum absolute atomic E-state index is 13.0. The zero-order chi connectivity index (χ0) is 20.6. The minimum atomic E-state index is -3.55. The van der Waals surface area contributed by atoms with E-state index in [1.165, 1.54) is 0 Å². The van der Waals surface area contributed by atoms with Crippen LogP contribution in [0.5, 0.6) is 0 Å². The van der Waals surface area contributed by atoms with E-state index in [2.05, 4.69) is 10.6 Å². The van der Waals surface area contributed by atoms with Gasteiger partial charge in [0.05, 0.1) is 18.6 Å². The van der Waals surface area contributed by atoms with Crippen molar-refractivity contribution in [2.45, 2.75) is 72.0 Å². The molecule has 0 aliphatic rings. The van der Waals surface area contributed by atoms with Gasteiger partial charge in [0.25, 0.3) is 0 Å². The van der Waals surface area contributed by atoms with Crippen molar-refractivity contribution < 1.29 is 23.2 Å². The molecule has 7 nitrogen and oxygen atoms in total. The average molecular weight is 398 g/mol. The summed E-state index contributed by atoms with van der Waals surface area (Å²) in [6, 6.07) is 8.47. The Labute approximate surface area is 161 Å². The third-order valence-corrected chi connectivity index (χ3v) is 6.03. The molecule has 0 bridgehead atoms. The Hall–Kier alpha value is -1.69. The number of amides is 2. The van der Waals surface area contributed by atoms with Crippen molar-refractivity contribution >= 4 is 19.4 Å². The van der Waals surface area contributed by atoms with Crippen molar-refractivity contribution in [2.75, 3.05) is 0 Å². The Morgan fingerprint density at radius 2 is 1.44 bits per heavy atom. The Morgan fingerprint density at radius 1 is 0.926 bits per heavy atom. The molecule has 1 aromatic rings. The number of rotatable bonds is 10. The molecule has 1 rings (SSSR count). The summed E-state index contributed by atoms with van der Waals surface area (Å²) in [6.45, 7) is 10.1. The zero-order valence-corrected chi connectivity index (χ0v) is 17.8. The van der Waals surface area contributed by atoms with Crippen LogP contribution in [-0.4, -0.2) is 35.8 Å². The first kappa shape index (κ1) is 23.3. The summed E-state index contributed by atoms with van der Waals surface area (Å²) in [7, 11) is -3.55. The third kappa shape index (κ3) is 8.24. The van der Waals surface area contributed by atoms with Crippen LogP contribution >= 0.6 is 7.60 Å². The molecule has 0 saturated heterocycles. The second-order valence-electron chi connectivity index (χ2n) is 6.98. The summed E-state index contributed by atoms with van der Waals surface area (Å²) < 4.78 is 24.0. The fourth-order valence-corrected chi connectivity index (χ4v) is 4.22. The fourth-order valence-electron chi connectivity index (χ4n) is 2.34. The quantitative estimate of drug-likeness (QED) is 0.590. The van der Waals surface area contributed by atoms with E-state index < -0.39 is 25.3 Å². The molecular formula is C19H31N2O5P. The van der Waals surface area contributed by atoms with Crippen molar-refractivity contribution in [3.63, 3.8) is 0 Å². The van der Waals surface area contributed by atoms with E-state index in [0.717, 1.165) is 5.56 Å². The molecule has 2 N–H and O–H groups in total. The van der Waals surface area contributed by atoms with Crippen LogP contribution in [0, 0.1) is 0 Å². The number of hydrogen-bond donors (Lipinski definition) is 2. The van der Waals surface area contributed by atoms with E-state index in [1.807, 2.05) is 30.3 Å². The lowest BCUT2D eigenvalue weighted by Gasteiger charge is -2.29. The molecule has 2 amide bonds. The summed E-state index contributed by atoms with van der Waals surface area (Å²) in [6.07, 6.45) is -0.465. The smallest absolute Gasteiger partial charge is 0.344 e. The number of hydrogen-bond acceptors (Lipinski definition) is 5. The van der Waals surface area contributed by atoms with Crippen molar-refractivity contribution in [3.05, 3.63) is 35.9 Å². The first-order chi connectivity index (χ1) is 12.5. The molecule has 0 fully saturated rings. The van der Waals surface area contributed by atoms with Crippen molar-refractivity contribution in [2.24, 2.45) is 0 Å². The van der Waals surface area contributed by atoms with E-state index in [4.69, 9.17) is 9.05 Å². The minimum Gasteiger partial charge on any atom is -0.344 e. The maximum atomic E-state index is 13.0. The highest BCUT2D eigenvalue weighted by atomic mass is 31.2. The number of carbonyl (C=O) groups excluding carboxylic acids is 2. The first-order valence-electron chi connectivity index (χ1n) is 9.13. The second-order valence-corrected chi connectivity index (χ2v) is 9.26. The number of nitrogens with one attached hydrogen (secondary N) is 2. The number of carbonyl (C=O) groups is 2.